The molecule has 2 aliphatic heterocycles. The van der Waals surface area contributed by atoms with Gasteiger partial charge in [0.1, 0.15) is 5.82 Å². The molecule has 0 unspecified atom stereocenters. The number of carbonyl (C=O) groups excluding carboxylic acids is 2. The Morgan fingerprint density at radius 2 is 1.79 bits per heavy atom. The van der Waals surface area contributed by atoms with Crippen LogP contribution in [0.3, 0.4) is 0 Å². The van der Waals surface area contributed by atoms with E-state index in [0.717, 1.165) is 45.7 Å². The molecular weight excluding hydrogens is 443 g/mol. The van der Waals surface area contributed by atoms with Gasteiger partial charge in [-0.1, -0.05) is 41.9 Å². The minimum absolute atomic E-state index is 0.0332. The third-order valence-corrected chi connectivity index (χ3v) is 6.66. The molecule has 1 atom stereocenters. The molecule has 4 rings (SSSR count). The van der Waals surface area contributed by atoms with Crippen molar-refractivity contribution in [1.82, 2.24) is 15.1 Å². The first-order chi connectivity index (χ1) is 16.0. The summed E-state index contributed by atoms with van der Waals surface area (Å²) >= 11 is 5.83. The predicted molar refractivity (Wildman–Crippen MR) is 128 cm³/mol. The van der Waals surface area contributed by atoms with Gasteiger partial charge in [0, 0.05) is 57.9 Å². The number of amides is 2. The fourth-order valence-corrected chi connectivity index (χ4v) is 4.63. The van der Waals surface area contributed by atoms with E-state index < -0.39 is 11.7 Å². The van der Waals surface area contributed by atoms with Crippen LogP contribution in [0.25, 0.3) is 0 Å². The molecule has 2 fully saturated rings. The summed E-state index contributed by atoms with van der Waals surface area (Å²) in [5, 5.41) is 2.94. The van der Waals surface area contributed by atoms with E-state index in [4.69, 9.17) is 11.6 Å². The highest BCUT2D eigenvalue weighted by Crippen LogP contribution is 2.28. The molecule has 0 aromatic heterocycles. The van der Waals surface area contributed by atoms with Crippen LogP contribution in [0.1, 0.15) is 18.4 Å². The molecule has 0 spiro atoms. The summed E-state index contributed by atoms with van der Waals surface area (Å²) in [6.45, 7) is 6.99. The normalized spacial score (nSPS) is 19.8. The second kappa shape index (κ2) is 11.1. The summed E-state index contributed by atoms with van der Waals surface area (Å²) in [6, 6.07) is 14.7. The monoisotopic (exact) mass is 472 g/mol. The van der Waals surface area contributed by atoms with E-state index in [2.05, 4.69) is 39.4 Å². The van der Waals surface area contributed by atoms with Crippen LogP contribution in [0.15, 0.2) is 48.5 Å². The van der Waals surface area contributed by atoms with Crippen LogP contribution in [0.2, 0.25) is 5.02 Å². The van der Waals surface area contributed by atoms with Gasteiger partial charge < -0.3 is 15.1 Å². The van der Waals surface area contributed by atoms with Crippen LogP contribution in [0.5, 0.6) is 0 Å². The number of anilines is 1. The number of nitrogens with one attached hydrogen (secondary N) is 1. The maximum atomic E-state index is 13.4. The number of halogens is 2. The molecule has 2 heterocycles. The second-order valence-electron chi connectivity index (χ2n) is 8.75. The molecule has 0 radical (unpaired) electrons. The fraction of sp³-hybridized carbons (Fsp3) is 0.440. The first kappa shape index (κ1) is 23.7. The zero-order valence-electron chi connectivity index (χ0n) is 18.7. The molecule has 0 aliphatic carbocycles. The summed E-state index contributed by atoms with van der Waals surface area (Å²) in [6.07, 6.45) is 1.03. The molecule has 0 saturated carbocycles. The highest BCUT2D eigenvalue weighted by Gasteiger charge is 2.35. The lowest BCUT2D eigenvalue weighted by Gasteiger charge is -2.34. The van der Waals surface area contributed by atoms with Gasteiger partial charge in [0.15, 0.2) is 0 Å². The van der Waals surface area contributed by atoms with Gasteiger partial charge in [0.05, 0.1) is 10.9 Å². The molecule has 2 aliphatic rings. The van der Waals surface area contributed by atoms with Crippen molar-refractivity contribution in [3.8, 4) is 0 Å². The average molecular weight is 473 g/mol. The third-order valence-electron chi connectivity index (χ3n) is 6.37. The summed E-state index contributed by atoms with van der Waals surface area (Å²) in [5.41, 5.74) is 1.87. The largest absolute Gasteiger partial charge is 0.356 e. The Morgan fingerprint density at radius 3 is 2.52 bits per heavy atom. The maximum absolute atomic E-state index is 13.4. The Labute approximate surface area is 199 Å². The molecule has 176 valence electrons. The topological polar surface area (TPSA) is 55.9 Å². The molecule has 2 aromatic rings. The second-order valence-corrected chi connectivity index (χ2v) is 9.16. The Hall–Kier alpha value is -2.48. The van der Waals surface area contributed by atoms with Gasteiger partial charge in [-0.3, -0.25) is 14.5 Å². The van der Waals surface area contributed by atoms with Crippen molar-refractivity contribution in [3.05, 3.63) is 64.9 Å². The first-order valence-electron chi connectivity index (χ1n) is 11.5. The number of rotatable bonds is 8. The van der Waals surface area contributed by atoms with E-state index in [1.54, 1.807) is 0 Å². The Bertz CT molecular complexity index is 966. The van der Waals surface area contributed by atoms with Crippen molar-refractivity contribution < 1.29 is 14.0 Å². The average Bonchev–Trinajstić information content (AvgIpc) is 3.22. The quantitative estimate of drug-likeness (QED) is 0.600. The minimum atomic E-state index is -0.529. The van der Waals surface area contributed by atoms with Crippen molar-refractivity contribution in [3.63, 3.8) is 0 Å². The summed E-state index contributed by atoms with van der Waals surface area (Å²) in [4.78, 5) is 31.3. The van der Waals surface area contributed by atoms with Gasteiger partial charge >= 0.3 is 0 Å². The Morgan fingerprint density at radius 1 is 1.06 bits per heavy atom. The summed E-state index contributed by atoms with van der Waals surface area (Å²) < 4.78 is 13.4. The summed E-state index contributed by atoms with van der Waals surface area (Å²) in [5.74, 6) is -1.18. The van der Waals surface area contributed by atoms with Gasteiger partial charge in [-0.05, 0) is 36.7 Å². The molecule has 33 heavy (non-hydrogen) atoms. The zero-order chi connectivity index (χ0) is 23.2. The Balaban J connectivity index is 1.14. The predicted octanol–water partition coefficient (Wildman–Crippen LogP) is 3.16. The number of hydrogen-bond acceptors (Lipinski definition) is 4. The van der Waals surface area contributed by atoms with E-state index in [1.165, 1.54) is 28.7 Å². The Kier molecular flexibility index (Phi) is 7.96. The van der Waals surface area contributed by atoms with Crippen LogP contribution >= 0.6 is 11.6 Å². The van der Waals surface area contributed by atoms with Crippen molar-refractivity contribution >= 4 is 29.1 Å². The molecule has 2 aromatic carbocycles. The molecular formula is C25H30ClFN4O2. The molecule has 8 heteroatoms. The van der Waals surface area contributed by atoms with E-state index in [0.29, 0.717) is 12.2 Å². The van der Waals surface area contributed by atoms with Crippen molar-refractivity contribution in [2.75, 3.05) is 50.7 Å². The lowest BCUT2D eigenvalue weighted by molar-refractivity contribution is -0.126. The lowest BCUT2D eigenvalue weighted by Crippen LogP contribution is -2.46. The zero-order valence-corrected chi connectivity index (χ0v) is 19.4. The van der Waals surface area contributed by atoms with Crippen LogP contribution in [0.4, 0.5) is 10.1 Å². The van der Waals surface area contributed by atoms with Crippen LogP contribution in [-0.4, -0.2) is 67.4 Å². The number of piperazine rings is 1. The maximum Gasteiger partial charge on any atom is 0.227 e. The van der Waals surface area contributed by atoms with Crippen molar-refractivity contribution in [2.45, 2.75) is 19.4 Å². The standard InChI is InChI=1S/C25H30ClFN4O2/c26-22-16-21(7-8-23(22)27)31-18-20(15-24(31)32)25(33)28-9-4-10-29-11-13-30(14-12-29)17-19-5-2-1-3-6-19/h1-3,5-8,16,20H,4,9-15,17-18H2,(H,28,33)/t20-/m0/s1. The van der Waals surface area contributed by atoms with Crippen molar-refractivity contribution in [2.24, 2.45) is 5.92 Å². The molecule has 2 amide bonds. The number of benzene rings is 2. The smallest absolute Gasteiger partial charge is 0.227 e. The van der Waals surface area contributed by atoms with E-state index in [1.807, 2.05) is 6.07 Å². The first-order valence-corrected chi connectivity index (χ1v) is 11.9. The summed E-state index contributed by atoms with van der Waals surface area (Å²) in [7, 11) is 0. The number of nitrogens with zero attached hydrogens (tertiary/aromatic N) is 3. The highest BCUT2D eigenvalue weighted by molar-refractivity contribution is 6.31. The van der Waals surface area contributed by atoms with Gasteiger partial charge in [0.2, 0.25) is 11.8 Å². The van der Waals surface area contributed by atoms with Gasteiger partial charge in [-0.2, -0.15) is 0 Å². The third kappa shape index (κ3) is 6.31. The fourth-order valence-electron chi connectivity index (χ4n) is 4.46. The van der Waals surface area contributed by atoms with E-state index in [-0.39, 0.29) is 29.8 Å². The molecule has 1 N–H and O–H groups in total. The van der Waals surface area contributed by atoms with Gasteiger partial charge in [-0.25, -0.2) is 4.39 Å². The lowest BCUT2D eigenvalue weighted by atomic mass is 10.1. The SMILES string of the molecule is O=C(NCCCN1CCN(Cc2ccccc2)CC1)[C@H]1CC(=O)N(c2ccc(F)c(Cl)c2)C1. The van der Waals surface area contributed by atoms with E-state index >= 15 is 0 Å². The highest BCUT2D eigenvalue weighted by atomic mass is 35.5. The molecule has 6 nitrogen and oxygen atoms in total. The number of carbonyl (C=O) groups is 2. The number of hydrogen-bond donors (Lipinski definition) is 1. The van der Waals surface area contributed by atoms with Gasteiger partial charge in [-0.15, -0.1) is 0 Å². The molecule has 2 saturated heterocycles. The van der Waals surface area contributed by atoms with E-state index in [9.17, 15) is 14.0 Å². The van der Waals surface area contributed by atoms with Crippen LogP contribution < -0.4 is 10.2 Å². The van der Waals surface area contributed by atoms with Gasteiger partial charge in [0.25, 0.3) is 0 Å². The van der Waals surface area contributed by atoms with Crippen LogP contribution in [-0.2, 0) is 16.1 Å². The minimum Gasteiger partial charge on any atom is -0.356 e. The van der Waals surface area contributed by atoms with Crippen LogP contribution in [0, 0.1) is 11.7 Å². The van der Waals surface area contributed by atoms with Crippen molar-refractivity contribution in [1.29, 1.82) is 0 Å². The molecule has 0 bridgehead atoms.